The topological polar surface area (TPSA) is 35.5 Å². The summed E-state index contributed by atoms with van der Waals surface area (Å²) in [6, 6.07) is 7.07. The van der Waals surface area contributed by atoms with Crippen molar-refractivity contribution in [1.82, 2.24) is 5.32 Å². The van der Waals surface area contributed by atoms with Gasteiger partial charge < -0.3 is 15.3 Å². The average Bonchev–Trinajstić information content (AvgIpc) is 3.11. The molecule has 2 N–H and O–H groups in total. The number of nitrogens with one attached hydrogen (secondary N) is 1. The molecule has 1 aliphatic heterocycles. The Morgan fingerprint density at radius 3 is 2.80 bits per heavy atom. The molecule has 1 saturated heterocycles. The van der Waals surface area contributed by atoms with E-state index < -0.39 is 0 Å². The summed E-state index contributed by atoms with van der Waals surface area (Å²) in [5, 5.41) is 14.0. The maximum absolute atomic E-state index is 9.69. The van der Waals surface area contributed by atoms with E-state index in [1.807, 2.05) is 6.92 Å². The molecule has 0 aromatic heterocycles. The smallest absolute Gasteiger partial charge is 0.0642 e. The highest BCUT2D eigenvalue weighted by molar-refractivity contribution is 6.33. The Morgan fingerprint density at radius 2 is 2.20 bits per heavy atom. The molecule has 3 nitrogen and oxygen atoms in total. The monoisotopic (exact) mass is 294 g/mol. The van der Waals surface area contributed by atoms with Gasteiger partial charge in [0.25, 0.3) is 0 Å². The summed E-state index contributed by atoms with van der Waals surface area (Å²) in [6.07, 6.45) is 3.42. The maximum Gasteiger partial charge on any atom is 0.0642 e. The molecule has 2 fully saturated rings. The van der Waals surface area contributed by atoms with E-state index in [1.165, 1.54) is 18.4 Å². The molecule has 0 radical (unpaired) electrons. The summed E-state index contributed by atoms with van der Waals surface area (Å²) >= 11 is 6.44. The van der Waals surface area contributed by atoms with Crippen LogP contribution in [0.2, 0.25) is 5.02 Å². The van der Waals surface area contributed by atoms with E-state index in [-0.39, 0.29) is 6.10 Å². The van der Waals surface area contributed by atoms with Crippen LogP contribution >= 0.6 is 11.6 Å². The molecule has 20 heavy (non-hydrogen) atoms. The molecule has 2 aliphatic rings. The number of aliphatic hydroxyl groups excluding tert-OH is 1. The lowest BCUT2D eigenvalue weighted by Gasteiger charge is -2.21. The second kappa shape index (κ2) is 5.92. The first-order valence-electron chi connectivity index (χ1n) is 7.58. The highest BCUT2D eigenvalue weighted by Gasteiger charge is 2.27. The first-order valence-corrected chi connectivity index (χ1v) is 7.96. The first kappa shape index (κ1) is 14.2. The molecule has 2 unspecified atom stereocenters. The molecule has 1 aliphatic carbocycles. The molecule has 1 aromatic rings. The Bertz CT molecular complexity index is 474. The van der Waals surface area contributed by atoms with Crippen LogP contribution in [0.15, 0.2) is 18.2 Å². The Hall–Kier alpha value is -0.770. The lowest BCUT2D eigenvalue weighted by atomic mass is 10.0. The number of aliphatic hydroxyl groups is 1. The summed E-state index contributed by atoms with van der Waals surface area (Å²) in [6.45, 7) is 4.66. The van der Waals surface area contributed by atoms with E-state index >= 15 is 0 Å². The van der Waals surface area contributed by atoms with Gasteiger partial charge in [-0.15, -0.1) is 0 Å². The zero-order valence-electron chi connectivity index (χ0n) is 12.0. The summed E-state index contributed by atoms with van der Waals surface area (Å²) in [4.78, 5) is 2.29. The number of hydrogen-bond donors (Lipinski definition) is 2. The van der Waals surface area contributed by atoms with Gasteiger partial charge in [0.05, 0.1) is 16.8 Å². The lowest BCUT2D eigenvalue weighted by molar-refractivity contribution is 0.136. The zero-order valence-corrected chi connectivity index (χ0v) is 12.7. The van der Waals surface area contributed by atoms with Crippen LogP contribution in [-0.4, -0.2) is 30.3 Å². The fourth-order valence-corrected chi connectivity index (χ4v) is 3.19. The van der Waals surface area contributed by atoms with Crippen molar-refractivity contribution in [3.05, 3.63) is 28.8 Å². The van der Waals surface area contributed by atoms with Crippen molar-refractivity contribution in [2.45, 2.75) is 44.9 Å². The average molecular weight is 295 g/mol. The van der Waals surface area contributed by atoms with E-state index in [2.05, 4.69) is 28.4 Å². The summed E-state index contributed by atoms with van der Waals surface area (Å²) in [7, 11) is 0. The molecule has 0 spiro atoms. The van der Waals surface area contributed by atoms with Gasteiger partial charge in [0.1, 0.15) is 0 Å². The minimum atomic E-state index is -0.235. The zero-order chi connectivity index (χ0) is 14.1. The Morgan fingerprint density at radius 1 is 1.40 bits per heavy atom. The van der Waals surface area contributed by atoms with Crippen LogP contribution in [0.4, 0.5) is 5.69 Å². The Kier molecular flexibility index (Phi) is 4.20. The molecule has 3 rings (SSSR count). The predicted molar refractivity (Wildman–Crippen MR) is 83.3 cm³/mol. The fraction of sp³-hybridized carbons (Fsp3) is 0.625. The molecule has 1 aromatic carbocycles. The predicted octanol–water partition coefficient (Wildman–Crippen LogP) is 2.80. The third-order valence-corrected chi connectivity index (χ3v) is 4.73. The van der Waals surface area contributed by atoms with E-state index in [9.17, 15) is 5.11 Å². The van der Waals surface area contributed by atoms with Crippen molar-refractivity contribution < 1.29 is 5.11 Å². The number of nitrogens with zero attached hydrogens (tertiary/aromatic N) is 1. The standard InChI is InChI=1S/C16H23ClN2O/c1-11(20)13-6-7-19(10-13)16-5-2-12(8-15(16)17)9-18-14-3-4-14/h2,5,8,11,13-14,18,20H,3-4,6-7,9-10H2,1H3. The van der Waals surface area contributed by atoms with E-state index in [4.69, 9.17) is 11.6 Å². The second-order valence-electron chi connectivity index (χ2n) is 6.18. The summed E-state index contributed by atoms with van der Waals surface area (Å²) < 4.78 is 0. The fourth-order valence-electron chi connectivity index (χ4n) is 2.87. The van der Waals surface area contributed by atoms with Crippen LogP contribution in [0.3, 0.4) is 0 Å². The molecule has 1 heterocycles. The minimum Gasteiger partial charge on any atom is -0.393 e. The molecule has 0 amide bonds. The van der Waals surface area contributed by atoms with Gasteiger partial charge in [0, 0.05) is 31.6 Å². The van der Waals surface area contributed by atoms with Gasteiger partial charge in [-0.3, -0.25) is 0 Å². The molecule has 110 valence electrons. The van der Waals surface area contributed by atoms with Crippen LogP contribution in [0.25, 0.3) is 0 Å². The normalized spacial score (nSPS) is 24.1. The van der Waals surface area contributed by atoms with Crippen LogP contribution < -0.4 is 10.2 Å². The van der Waals surface area contributed by atoms with Gasteiger partial charge in [-0.1, -0.05) is 17.7 Å². The molecule has 0 bridgehead atoms. The van der Waals surface area contributed by atoms with Gasteiger partial charge in [-0.2, -0.15) is 0 Å². The molecule has 2 atom stereocenters. The highest BCUT2D eigenvalue weighted by Crippen LogP contribution is 2.32. The van der Waals surface area contributed by atoms with Crippen molar-refractivity contribution in [1.29, 1.82) is 0 Å². The van der Waals surface area contributed by atoms with Crippen molar-refractivity contribution in [3.8, 4) is 0 Å². The van der Waals surface area contributed by atoms with Crippen LogP contribution in [-0.2, 0) is 6.54 Å². The molecule has 1 saturated carbocycles. The second-order valence-corrected chi connectivity index (χ2v) is 6.58. The molecular formula is C16H23ClN2O. The third-order valence-electron chi connectivity index (χ3n) is 4.43. The largest absolute Gasteiger partial charge is 0.393 e. The minimum absolute atomic E-state index is 0.235. The third kappa shape index (κ3) is 3.27. The maximum atomic E-state index is 9.69. The van der Waals surface area contributed by atoms with Crippen molar-refractivity contribution in [3.63, 3.8) is 0 Å². The number of rotatable bonds is 5. The van der Waals surface area contributed by atoms with Crippen molar-refractivity contribution >= 4 is 17.3 Å². The number of benzene rings is 1. The van der Waals surface area contributed by atoms with Gasteiger partial charge in [-0.05, 0) is 43.9 Å². The SMILES string of the molecule is CC(O)C1CCN(c2ccc(CNC3CC3)cc2Cl)C1. The summed E-state index contributed by atoms with van der Waals surface area (Å²) in [5.74, 6) is 0.363. The first-order chi connectivity index (χ1) is 9.63. The van der Waals surface area contributed by atoms with E-state index in [1.54, 1.807) is 0 Å². The molecular weight excluding hydrogens is 272 g/mol. The summed E-state index contributed by atoms with van der Waals surface area (Å²) in [5.41, 5.74) is 2.35. The van der Waals surface area contributed by atoms with Crippen LogP contribution in [0.5, 0.6) is 0 Å². The number of hydrogen-bond acceptors (Lipinski definition) is 3. The van der Waals surface area contributed by atoms with Crippen LogP contribution in [0.1, 0.15) is 31.7 Å². The van der Waals surface area contributed by atoms with Crippen molar-refractivity contribution in [2.75, 3.05) is 18.0 Å². The van der Waals surface area contributed by atoms with E-state index in [0.29, 0.717) is 5.92 Å². The van der Waals surface area contributed by atoms with E-state index in [0.717, 1.165) is 42.8 Å². The van der Waals surface area contributed by atoms with Gasteiger partial charge in [-0.25, -0.2) is 0 Å². The molecule has 4 heteroatoms. The lowest BCUT2D eigenvalue weighted by Crippen LogP contribution is -2.24. The van der Waals surface area contributed by atoms with Gasteiger partial charge in [0.15, 0.2) is 0 Å². The van der Waals surface area contributed by atoms with Crippen LogP contribution in [0, 0.1) is 5.92 Å². The Balaban J connectivity index is 1.64. The van der Waals surface area contributed by atoms with Gasteiger partial charge >= 0.3 is 0 Å². The number of halogens is 1. The van der Waals surface area contributed by atoms with Crippen molar-refractivity contribution in [2.24, 2.45) is 5.92 Å². The van der Waals surface area contributed by atoms with Gasteiger partial charge in [0.2, 0.25) is 0 Å². The Labute approximate surface area is 125 Å². The highest BCUT2D eigenvalue weighted by atomic mass is 35.5. The number of anilines is 1. The quantitative estimate of drug-likeness (QED) is 0.876.